The van der Waals surface area contributed by atoms with Gasteiger partial charge in [-0.05, 0) is 38.5 Å². The zero-order valence-corrected chi connectivity index (χ0v) is 66.3. The van der Waals surface area contributed by atoms with Crippen molar-refractivity contribution in [1.29, 1.82) is 0 Å². The second kappa shape index (κ2) is 66.2. The van der Waals surface area contributed by atoms with Crippen LogP contribution in [0.4, 0.5) is 0 Å². The predicted octanol–water partition coefficient (Wildman–Crippen LogP) is 15.9. The van der Waals surface area contributed by atoms with Gasteiger partial charge in [-0.25, -0.2) is 0 Å². The van der Waals surface area contributed by atoms with Gasteiger partial charge in [-0.3, -0.25) is 4.79 Å². The molecule has 0 aliphatic carbocycles. The molecule has 0 aromatic rings. The highest BCUT2D eigenvalue weighted by Gasteiger charge is 2.54. The lowest BCUT2D eigenvalue weighted by molar-refractivity contribution is -0.379. The molecule has 0 radical (unpaired) electrons. The molecule has 19 heteroatoms. The van der Waals surface area contributed by atoms with Crippen LogP contribution in [0.3, 0.4) is 0 Å². The number of nitrogens with one attached hydrogen (secondary N) is 1. The van der Waals surface area contributed by atoms with Gasteiger partial charge >= 0.3 is 0 Å². The van der Waals surface area contributed by atoms with Crippen LogP contribution in [0.5, 0.6) is 0 Å². The van der Waals surface area contributed by atoms with Gasteiger partial charge in [-0.15, -0.1) is 0 Å². The predicted molar refractivity (Wildman–Crippen MR) is 416 cm³/mol. The van der Waals surface area contributed by atoms with E-state index in [0.717, 1.165) is 44.9 Å². The quantitative estimate of drug-likeness (QED) is 0.0199. The molecule has 104 heavy (non-hydrogen) atoms. The third-order valence-electron chi connectivity index (χ3n) is 22.3. The number of allylic oxidation sites excluding steroid dienone is 2. The third kappa shape index (κ3) is 45.1. The average molecular weight is 1490 g/mol. The number of aliphatic hydroxyl groups excluding tert-OH is 11. The molecule has 3 aliphatic heterocycles. The van der Waals surface area contributed by atoms with Crippen LogP contribution in [-0.2, 0) is 33.2 Å². The van der Waals surface area contributed by atoms with Crippen LogP contribution >= 0.6 is 0 Å². The van der Waals surface area contributed by atoms with Crippen LogP contribution in [0, 0.1) is 0 Å². The van der Waals surface area contributed by atoms with Crippen molar-refractivity contribution in [3.63, 3.8) is 0 Å². The minimum Gasteiger partial charge on any atom is -0.394 e. The lowest BCUT2D eigenvalue weighted by Crippen LogP contribution is -2.66. The fraction of sp³-hybridized carbons (Fsp3) is 0.965. The third-order valence-corrected chi connectivity index (χ3v) is 22.3. The Morgan fingerprint density at radius 3 is 0.933 bits per heavy atom. The zero-order valence-electron chi connectivity index (χ0n) is 66.3. The molecular weight excluding hydrogens is 1320 g/mol. The molecule has 3 aliphatic rings. The first-order valence-electron chi connectivity index (χ1n) is 43.9. The molecule has 616 valence electrons. The Hall–Kier alpha value is -1.47. The van der Waals surface area contributed by atoms with Crippen LogP contribution in [-0.4, -0.2) is 193 Å². The number of hydrogen-bond acceptors (Lipinski definition) is 18. The van der Waals surface area contributed by atoms with Crippen LogP contribution in [0.25, 0.3) is 0 Å². The molecule has 3 heterocycles. The summed E-state index contributed by atoms with van der Waals surface area (Å²) in [4.78, 5) is 13.5. The van der Waals surface area contributed by atoms with E-state index in [-0.39, 0.29) is 18.9 Å². The van der Waals surface area contributed by atoms with Crippen molar-refractivity contribution >= 4 is 5.91 Å². The van der Waals surface area contributed by atoms with Crippen LogP contribution < -0.4 is 5.32 Å². The summed E-state index contributed by atoms with van der Waals surface area (Å²) in [6.07, 6.45) is 53.2. The molecule has 3 saturated heterocycles. The Balaban J connectivity index is 1.33. The van der Waals surface area contributed by atoms with E-state index in [9.17, 15) is 61.0 Å². The number of aliphatic hydroxyl groups is 11. The average Bonchev–Trinajstić information content (AvgIpc) is 0.783. The molecule has 17 atom stereocenters. The lowest BCUT2D eigenvalue weighted by atomic mass is 9.96. The van der Waals surface area contributed by atoms with Gasteiger partial charge < -0.3 is 89.9 Å². The number of amides is 1. The van der Waals surface area contributed by atoms with E-state index in [4.69, 9.17) is 28.4 Å². The highest BCUT2D eigenvalue weighted by molar-refractivity contribution is 5.76. The fourth-order valence-electron chi connectivity index (χ4n) is 15.3. The van der Waals surface area contributed by atoms with Crippen LogP contribution in [0.1, 0.15) is 393 Å². The molecule has 0 aromatic carbocycles. The Kier molecular flexibility index (Phi) is 61.5. The fourth-order valence-corrected chi connectivity index (χ4v) is 15.3. The smallest absolute Gasteiger partial charge is 0.220 e. The van der Waals surface area contributed by atoms with E-state index in [2.05, 4.69) is 31.3 Å². The van der Waals surface area contributed by atoms with Crippen LogP contribution in [0.2, 0.25) is 0 Å². The Morgan fingerprint density at radius 1 is 0.337 bits per heavy atom. The van der Waals surface area contributed by atoms with Crippen molar-refractivity contribution in [2.45, 2.75) is 497 Å². The number of carbonyl (C=O) groups excluding carboxylic acids is 1. The molecule has 12 N–H and O–H groups in total. The molecule has 0 aromatic heterocycles. The minimum absolute atomic E-state index is 0.233. The van der Waals surface area contributed by atoms with Crippen molar-refractivity contribution in [1.82, 2.24) is 5.32 Å². The first kappa shape index (κ1) is 96.7. The number of carbonyl (C=O) groups is 1. The van der Waals surface area contributed by atoms with Gasteiger partial charge in [0, 0.05) is 6.42 Å². The maximum absolute atomic E-state index is 13.5. The Bertz CT molecular complexity index is 1920. The number of unbranched alkanes of at least 4 members (excludes halogenated alkanes) is 54. The monoisotopic (exact) mass is 1490 g/mol. The van der Waals surface area contributed by atoms with Gasteiger partial charge in [0.25, 0.3) is 0 Å². The van der Waals surface area contributed by atoms with Gasteiger partial charge in [0.1, 0.15) is 73.2 Å². The molecule has 1 amide bonds. The Morgan fingerprint density at radius 2 is 0.606 bits per heavy atom. The van der Waals surface area contributed by atoms with E-state index < -0.39 is 124 Å². The topological polar surface area (TPSA) is 307 Å². The molecular formula is C85H163NO18. The summed E-state index contributed by atoms with van der Waals surface area (Å²) in [7, 11) is 0. The number of rotatable bonds is 72. The van der Waals surface area contributed by atoms with E-state index in [1.165, 1.54) is 315 Å². The summed E-state index contributed by atoms with van der Waals surface area (Å²) in [5.41, 5.74) is 0. The highest BCUT2D eigenvalue weighted by atomic mass is 16.8. The maximum Gasteiger partial charge on any atom is 0.220 e. The van der Waals surface area contributed by atoms with E-state index in [1.54, 1.807) is 0 Å². The van der Waals surface area contributed by atoms with Gasteiger partial charge in [-0.2, -0.15) is 0 Å². The van der Waals surface area contributed by atoms with Gasteiger partial charge in [0.2, 0.25) is 5.91 Å². The van der Waals surface area contributed by atoms with E-state index >= 15 is 0 Å². The Labute approximate surface area is 633 Å². The van der Waals surface area contributed by atoms with E-state index in [0.29, 0.717) is 12.8 Å². The normalized spacial score (nSPS) is 25.9. The largest absolute Gasteiger partial charge is 0.394 e. The van der Waals surface area contributed by atoms with Crippen LogP contribution in [0.15, 0.2) is 12.2 Å². The summed E-state index contributed by atoms with van der Waals surface area (Å²) in [6.45, 7) is 1.88. The minimum atomic E-state index is -1.97. The second-order valence-electron chi connectivity index (χ2n) is 31.7. The summed E-state index contributed by atoms with van der Waals surface area (Å²) in [5.74, 6) is -0.233. The molecule has 0 spiro atoms. The van der Waals surface area contributed by atoms with Gasteiger partial charge in [0.15, 0.2) is 18.9 Å². The lowest BCUT2D eigenvalue weighted by Gasteiger charge is -2.48. The molecule has 0 saturated carbocycles. The SMILES string of the molecule is CCCCCCCCCC/C=C\CCCCCCCCCCCCCCCCCCCCCC(=O)NC(COC1OC(CO)C(OC2OC(CO)C(OC3OC(CO)C(O)C(O)C3O)C(O)C2O)C(O)C1O)C(O)CCCCCCCCCCCCCCCCCCCCCCCCCCCCCC. The summed E-state index contributed by atoms with van der Waals surface area (Å²) < 4.78 is 34.6. The summed E-state index contributed by atoms with van der Waals surface area (Å²) in [6, 6.07) is -0.886. The molecule has 19 nitrogen and oxygen atoms in total. The number of hydrogen-bond donors (Lipinski definition) is 12. The van der Waals surface area contributed by atoms with Crippen molar-refractivity contribution < 1.29 is 89.4 Å². The van der Waals surface area contributed by atoms with Gasteiger partial charge in [0.05, 0.1) is 38.6 Å². The summed E-state index contributed by atoms with van der Waals surface area (Å²) in [5, 5.41) is 121. The zero-order chi connectivity index (χ0) is 75.3. The molecule has 17 unspecified atom stereocenters. The summed E-state index contributed by atoms with van der Waals surface area (Å²) >= 11 is 0. The second-order valence-corrected chi connectivity index (χ2v) is 31.7. The van der Waals surface area contributed by atoms with E-state index in [1.807, 2.05) is 0 Å². The van der Waals surface area contributed by atoms with Gasteiger partial charge in [-0.1, -0.05) is 360 Å². The molecule has 3 fully saturated rings. The highest BCUT2D eigenvalue weighted by Crippen LogP contribution is 2.34. The molecule has 0 bridgehead atoms. The first-order valence-corrected chi connectivity index (χ1v) is 43.9. The molecule has 3 rings (SSSR count). The van der Waals surface area contributed by atoms with Crippen molar-refractivity contribution in [3.05, 3.63) is 12.2 Å². The maximum atomic E-state index is 13.5. The van der Waals surface area contributed by atoms with Crippen molar-refractivity contribution in [3.8, 4) is 0 Å². The first-order chi connectivity index (χ1) is 50.8. The number of ether oxygens (including phenoxy) is 6. The van der Waals surface area contributed by atoms with Crippen molar-refractivity contribution in [2.75, 3.05) is 26.4 Å². The standard InChI is InChI=1S/C85H163NO18/c1-3-5-7-9-11-13-15-17-19-21-23-25-27-29-31-33-34-35-37-39-41-43-45-47-49-51-53-55-57-59-61-63-73(91)86-68(69(90)62-60-58-56-54-52-50-48-46-44-42-40-38-36-32-30-28-26-24-22-20-18-16-14-12-10-8-6-4-2)67-99-83-79(97)76(94)81(71(65-88)101-83)104-85-80(98)77(95)82(72(66-89)102-85)103-84-78(96)75(93)74(92)70(64-87)100-84/h21,23,68-72,74-85,87-90,92-98H,3-20,22,24-67H2,1-2H3,(H,86,91)/b23-21-. The van der Waals surface area contributed by atoms with Crippen molar-refractivity contribution in [2.24, 2.45) is 0 Å².